The van der Waals surface area contributed by atoms with Crippen LogP contribution in [0.4, 0.5) is 10.1 Å². The van der Waals surface area contributed by atoms with Crippen LogP contribution in [0.3, 0.4) is 0 Å². The van der Waals surface area contributed by atoms with Crippen LogP contribution in [0.15, 0.2) is 53.4 Å². The summed E-state index contributed by atoms with van der Waals surface area (Å²) in [6, 6.07) is 9.94. The van der Waals surface area contributed by atoms with Gasteiger partial charge < -0.3 is 5.32 Å². The molecule has 0 saturated carbocycles. The number of rotatable bonds is 5. The highest BCUT2D eigenvalue weighted by molar-refractivity contribution is 7.89. The molecule has 0 spiro atoms. The number of halogens is 2. The van der Waals surface area contributed by atoms with Gasteiger partial charge in [0.25, 0.3) is 0 Å². The topological polar surface area (TPSA) is 75.3 Å². The molecule has 2 aromatic carbocycles. The van der Waals surface area contributed by atoms with Gasteiger partial charge in [-0.05, 0) is 43.3 Å². The molecule has 122 valence electrons. The number of anilines is 1. The van der Waals surface area contributed by atoms with Crippen LogP contribution in [0.25, 0.3) is 0 Å². The van der Waals surface area contributed by atoms with Crippen molar-refractivity contribution in [3.05, 3.63) is 59.4 Å². The second-order valence-corrected chi connectivity index (χ2v) is 6.95. The van der Waals surface area contributed by atoms with Gasteiger partial charge in [-0.2, -0.15) is 4.72 Å². The van der Waals surface area contributed by atoms with E-state index in [4.69, 9.17) is 11.6 Å². The lowest BCUT2D eigenvalue weighted by Crippen LogP contribution is -2.41. The second kappa shape index (κ2) is 7.08. The summed E-state index contributed by atoms with van der Waals surface area (Å²) in [6.07, 6.45) is 0. The molecule has 0 saturated heterocycles. The van der Waals surface area contributed by atoms with Crippen molar-refractivity contribution in [1.82, 2.24) is 4.72 Å². The van der Waals surface area contributed by atoms with Crippen molar-refractivity contribution < 1.29 is 17.6 Å². The summed E-state index contributed by atoms with van der Waals surface area (Å²) in [5.74, 6) is -1.11. The van der Waals surface area contributed by atoms with Crippen molar-refractivity contribution in [2.24, 2.45) is 0 Å². The van der Waals surface area contributed by atoms with Crippen molar-refractivity contribution in [3.8, 4) is 0 Å². The maximum atomic E-state index is 13.1. The minimum absolute atomic E-state index is 0.0459. The molecule has 0 aliphatic heterocycles. The van der Waals surface area contributed by atoms with Gasteiger partial charge in [-0.25, -0.2) is 12.8 Å². The normalized spacial score (nSPS) is 12.7. The van der Waals surface area contributed by atoms with E-state index in [0.29, 0.717) is 0 Å². The molecule has 0 aliphatic carbocycles. The third kappa shape index (κ3) is 4.75. The van der Waals surface area contributed by atoms with Gasteiger partial charge in [0, 0.05) is 10.7 Å². The fourth-order valence-corrected chi connectivity index (χ4v) is 3.31. The number of hydrogen-bond acceptors (Lipinski definition) is 3. The lowest BCUT2D eigenvalue weighted by atomic mass is 10.3. The Morgan fingerprint density at radius 1 is 1.17 bits per heavy atom. The lowest BCUT2D eigenvalue weighted by Gasteiger charge is -2.14. The summed E-state index contributed by atoms with van der Waals surface area (Å²) in [5, 5.41) is 2.70. The number of sulfonamides is 1. The zero-order chi connectivity index (χ0) is 17.0. The molecular formula is C15H14ClFN2O3S. The first-order chi connectivity index (χ1) is 10.8. The van der Waals surface area contributed by atoms with Crippen LogP contribution in [0.1, 0.15) is 6.92 Å². The summed E-state index contributed by atoms with van der Waals surface area (Å²) in [4.78, 5) is 12.0. The summed E-state index contributed by atoms with van der Waals surface area (Å²) in [5.41, 5.74) is 0.240. The van der Waals surface area contributed by atoms with E-state index in [2.05, 4.69) is 10.0 Å². The molecule has 5 nitrogen and oxygen atoms in total. The Labute approximate surface area is 138 Å². The molecule has 1 amide bonds. The van der Waals surface area contributed by atoms with E-state index < -0.39 is 27.8 Å². The lowest BCUT2D eigenvalue weighted by molar-refractivity contribution is -0.117. The predicted molar refractivity (Wildman–Crippen MR) is 86.3 cm³/mol. The Hall–Kier alpha value is -1.96. The van der Waals surface area contributed by atoms with Gasteiger partial charge in [0.15, 0.2) is 0 Å². The smallest absolute Gasteiger partial charge is 0.242 e. The monoisotopic (exact) mass is 356 g/mol. The molecule has 0 heterocycles. The number of benzene rings is 2. The molecule has 0 unspecified atom stereocenters. The van der Waals surface area contributed by atoms with Crippen molar-refractivity contribution >= 4 is 33.2 Å². The predicted octanol–water partition coefficient (Wildman–Crippen LogP) is 2.78. The van der Waals surface area contributed by atoms with Crippen LogP contribution < -0.4 is 10.0 Å². The van der Waals surface area contributed by atoms with E-state index in [0.717, 1.165) is 6.07 Å². The summed E-state index contributed by atoms with van der Waals surface area (Å²) in [7, 11) is -3.90. The standard InChI is InChI=1S/C15H14ClFN2O3S/c1-10(15(20)18-13-6-3-5-12(17)9-13)19-23(21,22)14-7-2-4-11(16)8-14/h2-10,19H,1H3,(H,18,20)/t10-/m0/s1. The van der Waals surface area contributed by atoms with Crippen molar-refractivity contribution in [3.63, 3.8) is 0 Å². The molecule has 2 aromatic rings. The Balaban J connectivity index is 2.08. The first-order valence-corrected chi connectivity index (χ1v) is 8.48. The third-order valence-corrected chi connectivity index (χ3v) is 4.70. The van der Waals surface area contributed by atoms with Crippen LogP contribution in [0, 0.1) is 5.82 Å². The van der Waals surface area contributed by atoms with Gasteiger partial charge in [-0.15, -0.1) is 0 Å². The summed E-state index contributed by atoms with van der Waals surface area (Å²) in [6.45, 7) is 1.39. The van der Waals surface area contributed by atoms with Gasteiger partial charge in [-0.3, -0.25) is 4.79 Å². The van der Waals surface area contributed by atoms with Gasteiger partial charge in [0.05, 0.1) is 10.9 Å². The fraction of sp³-hybridized carbons (Fsp3) is 0.133. The summed E-state index contributed by atoms with van der Waals surface area (Å²) < 4.78 is 39.7. The largest absolute Gasteiger partial charge is 0.325 e. The van der Waals surface area contributed by atoms with Crippen LogP contribution in [0.2, 0.25) is 5.02 Å². The SMILES string of the molecule is C[C@H](NS(=O)(=O)c1cccc(Cl)c1)C(=O)Nc1cccc(F)c1. The van der Waals surface area contributed by atoms with Crippen molar-refractivity contribution in [1.29, 1.82) is 0 Å². The molecule has 23 heavy (non-hydrogen) atoms. The molecule has 2 rings (SSSR count). The fourth-order valence-electron chi connectivity index (χ4n) is 1.81. The number of carbonyl (C=O) groups is 1. The van der Waals surface area contributed by atoms with Crippen LogP contribution in [-0.4, -0.2) is 20.4 Å². The Kier molecular flexibility index (Phi) is 5.35. The quantitative estimate of drug-likeness (QED) is 0.865. The van der Waals surface area contributed by atoms with Crippen LogP contribution in [-0.2, 0) is 14.8 Å². The van der Waals surface area contributed by atoms with E-state index in [1.165, 1.54) is 43.3 Å². The number of carbonyl (C=O) groups excluding carboxylic acids is 1. The molecule has 8 heteroatoms. The Morgan fingerprint density at radius 2 is 1.87 bits per heavy atom. The maximum absolute atomic E-state index is 13.1. The molecular weight excluding hydrogens is 343 g/mol. The average Bonchev–Trinajstić information content (AvgIpc) is 2.46. The van der Waals surface area contributed by atoms with Gasteiger partial charge >= 0.3 is 0 Å². The molecule has 2 N–H and O–H groups in total. The molecule has 1 atom stereocenters. The van der Waals surface area contributed by atoms with Crippen LogP contribution in [0.5, 0.6) is 0 Å². The number of hydrogen-bond donors (Lipinski definition) is 2. The van der Waals surface area contributed by atoms with E-state index in [1.54, 1.807) is 6.07 Å². The van der Waals surface area contributed by atoms with E-state index in [-0.39, 0.29) is 15.6 Å². The van der Waals surface area contributed by atoms with Gasteiger partial charge in [0.2, 0.25) is 15.9 Å². The molecule has 0 bridgehead atoms. The highest BCUT2D eigenvalue weighted by Crippen LogP contribution is 2.16. The first kappa shape index (κ1) is 17.4. The Bertz CT molecular complexity index is 827. The number of nitrogens with one attached hydrogen (secondary N) is 2. The van der Waals surface area contributed by atoms with Crippen molar-refractivity contribution in [2.45, 2.75) is 17.9 Å². The second-order valence-electron chi connectivity index (χ2n) is 4.80. The minimum Gasteiger partial charge on any atom is -0.325 e. The molecule has 0 aromatic heterocycles. The molecule has 0 fully saturated rings. The van der Waals surface area contributed by atoms with Crippen molar-refractivity contribution in [2.75, 3.05) is 5.32 Å². The summed E-state index contributed by atoms with van der Waals surface area (Å²) >= 11 is 5.77. The zero-order valence-electron chi connectivity index (χ0n) is 12.1. The van der Waals surface area contributed by atoms with E-state index in [1.807, 2.05) is 0 Å². The highest BCUT2D eigenvalue weighted by Gasteiger charge is 2.22. The Morgan fingerprint density at radius 3 is 2.52 bits per heavy atom. The molecule has 0 aliphatic rings. The van der Waals surface area contributed by atoms with Gasteiger partial charge in [0.1, 0.15) is 5.82 Å². The zero-order valence-corrected chi connectivity index (χ0v) is 13.7. The van der Waals surface area contributed by atoms with Gasteiger partial charge in [-0.1, -0.05) is 23.7 Å². The first-order valence-electron chi connectivity index (χ1n) is 6.62. The minimum atomic E-state index is -3.90. The highest BCUT2D eigenvalue weighted by atomic mass is 35.5. The third-order valence-electron chi connectivity index (χ3n) is 2.92. The van der Waals surface area contributed by atoms with E-state index >= 15 is 0 Å². The molecule has 0 radical (unpaired) electrons. The number of amides is 1. The van der Waals surface area contributed by atoms with E-state index in [9.17, 15) is 17.6 Å². The van der Waals surface area contributed by atoms with Crippen LogP contribution >= 0.6 is 11.6 Å². The maximum Gasteiger partial charge on any atom is 0.242 e. The average molecular weight is 357 g/mol.